The lowest BCUT2D eigenvalue weighted by Crippen LogP contribution is -2.10. The number of aliphatic hydroxyl groups is 3. The summed E-state index contributed by atoms with van der Waals surface area (Å²) in [6, 6.07) is 0. The highest BCUT2D eigenvalue weighted by Gasteiger charge is 1.97. The van der Waals surface area contributed by atoms with Crippen molar-refractivity contribution >= 4 is 11.8 Å². The van der Waals surface area contributed by atoms with Gasteiger partial charge < -0.3 is 20.1 Å². The molecule has 0 aromatic carbocycles. The second kappa shape index (κ2) is 16.0. The Balaban J connectivity index is -0.000000187. The summed E-state index contributed by atoms with van der Waals surface area (Å²) >= 11 is 0. The molecule has 0 rings (SSSR count). The molecule has 3 N–H and O–H groups in total. The highest BCUT2D eigenvalue weighted by Crippen LogP contribution is 1.88. The largest absolute Gasteiger partial charge is 0.466 e. The molecule has 0 saturated heterocycles. The summed E-state index contributed by atoms with van der Waals surface area (Å²) in [4.78, 5) is 19.7. The molecule has 0 amide bonds. The fraction of sp³-hybridized carbons (Fsp3) is 0.833. The maximum absolute atomic E-state index is 9.89. The van der Waals surface area contributed by atoms with Crippen LogP contribution in [0.4, 0.5) is 0 Å². The van der Waals surface area contributed by atoms with E-state index in [4.69, 9.17) is 15.3 Å². The molecular formula is C12H26O6. The van der Waals surface area contributed by atoms with Gasteiger partial charge in [0.15, 0.2) is 12.1 Å². The molecule has 18 heavy (non-hydrogen) atoms. The number of rotatable bonds is 4. The third-order valence-electron chi connectivity index (χ3n) is 1.48. The van der Waals surface area contributed by atoms with Crippen LogP contribution in [0.15, 0.2) is 0 Å². The van der Waals surface area contributed by atoms with Gasteiger partial charge >= 0.3 is 5.97 Å². The first-order chi connectivity index (χ1) is 8.18. The van der Waals surface area contributed by atoms with E-state index >= 15 is 0 Å². The fourth-order valence-electron chi connectivity index (χ4n) is 0.461. The minimum atomic E-state index is -1.10. The topological polar surface area (TPSA) is 104 Å². The molecule has 1 atom stereocenters. The van der Waals surface area contributed by atoms with Gasteiger partial charge in [0, 0.05) is 6.92 Å². The zero-order chi connectivity index (χ0) is 15.1. The summed E-state index contributed by atoms with van der Waals surface area (Å²) in [6.07, 6.45) is -0.572. The lowest BCUT2D eigenvalue weighted by atomic mass is 10.3. The Morgan fingerprint density at radius 2 is 1.50 bits per heavy atom. The molecule has 0 saturated carbocycles. The molecule has 0 spiro atoms. The summed E-state index contributed by atoms with van der Waals surface area (Å²) in [6.45, 7) is 8.35. The maximum atomic E-state index is 9.89. The summed E-state index contributed by atoms with van der Waals surface area (Å²) in [5.41, 5.74) is 0. The van der Waals surface area contributed by atoms with Gasteiger partial charge in [-0.25, -0.2) is 0 Å². The van der Waals surface area contributed by atoms with Gasteiger partial charge in [-0.2, -0.15) is 0 Å². The summed E-state index contributed by atoms with van der Waals surface area (Å²) in [5.74, 6) is -0.396. The third kappa shape index (κ3) is 36.3. The monoisotopic (exact) mass is 266 g/mol. The first kappa shape index (κ1) is 22.2. The first-order valence-electron chi connectivity index (χ1n) is 5.86. The molecule has 0 aliphatic carbocycles. The molecule has 0 aliphatic heterocycles. The van der Waals surface area contributed by atoms with Crippen LogP contribution in [0.1, 0.15) is 47.5 Å². The van der Waals surface area contributed by atoms with Gasteiger partial charge in [0.05, 0.1) is 6.61 Å². The van der Waals surface area contributed by atoms with E-state index < -0.39 is 12.4 Å². The van der Waals surface area contributed by atoms with Crippen LogP contribution >= 0.6 is 0 Å². The van der Waals surface area contributed by atoms with E-state index in [0.717, 1.165) is 6.42 Å². The molecule has 6 heteroatoms. The van der Waals surface area contributed by atoms with Gasteiger partial charge in [-0.05, 0) is 27.2 Å². The van der Waals surface area contributed by atoms with Crippen molar-refractivity contribution < 1.29 is 29.6 Å². The number of ether oxygens (including phenoxy) is 1. The van der Waals surface area contributed by atoms with Crippen LogP contribution in [-0.4, -0.2) is 46.1 Å². The number of carbonyl (C=O) groups is 2. The van der Waals surface area contributed by atoms with Gasteiger partial charge in [-0.15, -0.1) is 0 Å². The van der Waals surface area contributed by atoms with E-state index in [-0.39, 0.29) is 11.8 Å². The Bertz CT molecular complexity index is 201. The summed E-state index contributed by atoms with van der Waals surface area (Å²) in [7, 11) is 0. The Hall–Kier alpha value is -0.980. The van der Waals surface area contributed by atoms with E-state index in [1.807, 2.05) is 6.92 Å². The van der Waals surface area contributed by atoms with Crippen LogP contribution in [0, 0.1) is 0 Å². The van der Waals surface area contributed by atoms with E-state index in [1.165, 1.54) is 20.8 Å². The first-order valence-corrected chi connectivity index (χ1v) is 5.86. The maximum Gasteiger partial charge on any atom is 0.302 e. The lowest BCUT2D eigenvalue weighted by Gasteiger charge is -1.94. The molecular weight excluding hydrogens is 240 g/mol. The zero-order valence-electron chi connectivity index (χ0n) is 11.8. The Morgan fingerprint density at radius 1 is 1.11 bits per heavy atom. The van der Waals surface area contributed by atoms with Crippen molar-refractivity contribution in [3.63, 3.8) is 0 Å². The molecule has 0 aliphatic rings. The highest BCUT2D eigenvalue weighted by molar-refractivity contribution is 5.79. The van der Waals surface area contributed by atoms with Crippen molar-refractivity contribution in [2.24, 2.45) is 0 Å². The van der Waals surface area contributed by atoms with Gasteiger partial charge in [0.1, 0.15) is 6.10 Å². The number of ketones is 1. The van der Waals surface area contributed by atoms with Gasteiger partial charge in [-0.1, -0.05) is 13.3 Å². The van der Waals surface area contributed by atoms with Crippen molar-refractivity contribution in [3.8, 4) is 0 Å². The van der Waals surface area contributed by atoms with E-state index in [2.05, 4.69) is 4.74 Å². The van der Waals surface area contributed by atoms with E-state index in [1.54, 1.807) is 6.92 Å². The van der Waals surface area contributed by atoms with E-state index in [9.17, 15) is 9.59 Å². The minimum absolute atomic E-state index is 0.185. The number of Topliss-reactive ketones (excluding diaryl/α,β-unsaturated/α-hetero) is 1. The Labute approximate surface area is 109 Å². The SMILES string of the molecule is CC(=O)C(C)O.CCCC(O)O.CCOC(C)=O. The van der Waals surface area contributed by atoms with Crippen LogP contribution < -0.4 is 0 Å². The van der Waals surface area contributed by atoms with Crippen molar-refractivity contribution in [3.05, 3.63) is 0 Å². The minimum Gasteiger partial charge on any atom is -0.466 e. The number of aliphatic hydroxyl groups excluding tert-OH is 2. The second-order valence-corrected chi connectivity index (χ2v) is 3.48. The van der Waals surface area contributed by atoms with Crippen molar-refractivity contribution in [1.29, 1.82) is 0 Å². The van der Waals surface area contributed by atoms with Gasteiger partial charge in [0.2, 0.25) is 0 Å². The van der Waals surface area contributed by atoms with Crippen LogP contribution in [-0.2, 0) is 14.3 Å². The van der Waals surface area contributed by atoms with Gasteiger partial charge in [0.25, 0.3) is 0 Å². The Kier molecular flexibility index (Phi) is 19.8. The number of hydrogen-bond acceptors (Lipinski definition) is 6. The number of carbonyl (C=O) groups excluding carboxylic acids is 2. The Morgan fingerprint density at radius 3 is 1.50 bits per heavy atom. The number of hydrogen-bond donors (Lipinski definition) is 3. The third-order valence-corrected chi connectivity index (χ3v) is 1.48. The predicted octanol–water partition coefficient (Wildman–Crippen LogP) is 0.623. The standard InChI is InChI=1S/2C4H8O2.C4H10O2/c1-3-6-4(2)5;1-3(5)4(2)6;1-2-3-4(5)6/h3H2,1-2H3;3,5H,1-2H3;4-6H,2-3H2,1H3. The molecule has 0 bridgehead atoms. The van der Waals surface area contributed by atoms with Crippen LogP contribution in [0.25, 0.3) is 0 Å². The van der Waals surface area contributed by atoms with Crippen LogP contribution in [0.5, 0.6) is 0 Å². The zero-order valence-corrected chi connectivity index (χ0v) is 11.8. The molecule has 0 heterocycles. The lowest BCUT2D eigenvalue weighted by molar-refractivity contribution is -0.140. The highest BCUT2D eigenvalue weighted by atomic mass is 16.5. The molecule has 110 valence electrons. The van der Waals surface area contributed by atoms with Crippen molar-refractivity contribution in [2.75, 3.05) is 6.61 Å². The fourth-order valence-corrected chi connectivity index (χ4v) is 0.461. The van der Waals surface area contributed by atoms with Gasteiger partial charge in [-0.3, -0.25) is 9.59 Å². The molecule has 1 unspecified atom stereocenters. The smallest absolute Gasteiger partial charge is 0.302 e. The second-order valence-electron chi connectivity index (χ2n) is 3.48. The summed E-state index contributed by atoms with van der Waals surface area (Å²) in [5, 5.41) is 24.5. The van der Waals surface area contributed by atoms with Crippen molar-refractivity contribution in [1.82, 2.24) is 0 Å². The number of esters is 1. The van der Waals surface area contributed by atoms with E-state index in [0.29, 0.717) is 13.0 Å². The predicted molar refractivity (Wildman–Crippen MR) is 67.8 cm³/mol. The molecule has 0 radical (unpaired) electrons. The average Bonchev–Trinajstić information content (AvgIpc) is 2.18. The molecule has 0 aromatic heterocycles. The normalized spacial score (nSPS) is 10.5. The van der Waals surface area contributed by atoms with Crippen LogP contribution in [0.2, 0.25) is 0 Å². The van der Waals surface area contributed by atoms with Crippen molar-refractivity contribution in [2.45, 2.75) is 59.9 Å². The molecule has 0 fully saturated rings. The van der Waals surface area contributed by atoms with Crippen LogP contribution in [0.3, 0.4) is 0 Å². The average molecular weight is 266 g/mol. The quantitative estimate of drug-likeness (QED) is 0.509. The molecule has 6 nitrogen and oxygen atoms in total. The summed E-state index contributed by atoms with van der Waals surface area (Å²) < 4.78 is 4.40. The molecule has 0 aromatic rings.